The van der Waals surface area contributed by atoms with Gasteiger partial charge in [0.25, 0.3) is 0 Å². The van der Waals surface area contributed by atoms with Gasteiger partial charge in [0.1, 0.15) is 0 Å². The highest BCUT2D eigenvalue weighted by molar-refractivity contribution is 5.92. The molecule has 0 saturated carbocycles. The van der Waals surface area contributed by atoms with Crippen molar-refractivity contribution < 1.29 is 4.74 Å². The highest BCUT2D eigenvalue weighted by atomic mass is 16.5. The third-order valence-corrected chi connectivity index (χ3v) is 3.57. The number of pyridine rings is 1. The van der Waals surface area contributed by atoms with E-state index >= 15 is 0 Å². The standard InChI is InChI=1S/C17H25N3O/c1-13(2)20(9-10-21-4)17-11-14(12-18-3)19-16-8-6-5-7-15(16)17/h5-8,11,13,18H,9-10,12H2,1-4H3. The maximum atomic E-state index is 5.26. The minimum Gasteiger partial charge on any atom is -0.383 e. The van der Waals surface area contributed by atoms with E-state index in [4.69, 9.17) is 9.72 Å². The van der Waals surface area contributed by atoms with E-state index in [0.717, 1.165) is 30.9 Å². The van der Waals surface area contributed by atoms with Crippen LogP contribution in [0.4, 0.5) is 5.69 Å². The molecule has 2 aromatic rings. The van der Waals surface area contributed by atoms with Gasteiger partial charge in [-0.25, -0.2) is 0 Å². The van der Waals surface area contributed by atoms with Crippen molar-refractivity contribution >= 4 is 16.6 Å². The van der Waals surface area contributed by atoms with E-state index in [-0.39, 0.29) is 0 Å². The molecule has 0 bridgehead atoms. The summed E-state index contributed by atoms with van der Waals surface area (Å²) < 4.78 is 5.26. The second kappa shape index (κ2) is 7.38. The predicted molar refractivity (Wildman–Crippen MR) is 88.9 cm³/mol. The summed E-state index contributed by atoms with van der Waals surface area (Å²) in [7, 11) is 3.69. The number of rotatable bonds is 7. The van der Waals surface area contributed by atoms with Gasteiger partial charge >= 0.3 is 0 Å². The number of benzene rings is 1. The quantitative estimate of drug-likeness (QED) is 0.849. The highest BCUT2D eigenvalue weighted by Crippen LogP contribution is 2.28. The Balaban J connectivity index is 2.52. The summed E-state index contributed by atoms with van der Waals surface area (Å²) >= 11 is 0. The zero-order chi connectivity index (χ0) is 15.2. The number of para-hydroxylation sites is 1. The Morgan fingerprint density at radius 1 is 1.29 bits per heavy atom. The molecule has 0 radical (unpaired) electrons. The predicted octanol–water partition coefficient (Wildman–Crippen LogP) is 2.82. The molecule has 0 unspecified atom stereocenters. The summed E-state index contributed by atoms with van der Waals surface area (Å²) in [6.45, 7) is 6.79. The zero-order valence-electron chi connectivity index (χ0n) is 13.4. The Morgan fingerprint density at radius 3 is 2.71 bits per heavy atom. The second-order valence-electron chi connectivity index (χ2n) is 5.46. The number of fused-ring (bicyclic) bond motifs is 1. The van der Waals surface area contributed by atoms with E-state index in [2.05, 4.69) is 48.3 Å². The van der Waals surface area contributed by atoms with E-state index in [1.165, 1.54) is 11.1 Å². The van der Waals surface area contributed by atoms with Crippen molar-refractivity contribution in [1.82, 2.24) is 10.3 Å². The first-order valence-electron chi connectivity index (χ1n) is 7.46. The fraction of sp³-hybridized carbons (Fsp3) is 0.471. The molecular weight excluding hydrogens is 262 g/mol. The number of anilines is 1. The van der Waals surface area contributed by atoms with Crippen LogP contribution in [0.3, 0.4) is 0 Å². The van der Waals surface area contributed by atoms with Gasteiger partial charge in [0.2, 0.25) is 0 Å². The van der Waals surface area contributed by atoms with E-state index in [1.807, 2.05) is 13.1 Å². The lowest BCUT2D eigenvalue weighted by Gasteiger charge is -2.30. The van der Waals surface area contributed by atoms with Crippen molar-refractivity contribution in [2.24, 2.45) is 0 Å². The smallest absolute Gasteiger partial charge is 0.0726 e. The van der Waals surface area contributed by atoms with Gasteiger partial charge in [0.05, 0.1) is 17.8 Å². The molecule has 0 aliphatic carbocycles. The number of methoxy groups -OCH3 is 1. The summed E-state index contributed by atoms with van der Waals surface area (Å²) in [5.41, 5.74) is 3.34. The number of hydrogen-bond acceptors (Lipinski definition) is 4. The number of ether oxygens (including phenoxy) is 1. The molecule has 0 spiro atoms. The Labute approximate surface area is 127 Å². The lowest BCUT2D eigenvalue weighted by molar-refractivity contribution is 0.204. The molecule has 4 heteroatoms. The average Bonchev–Trinajstić information content (AvgIpc) is 2.47. The van der Waals surface area contributed by atoms with Gasteiger partial charge in [-0.1, -0.05) is 18.2 Å². The number of nitrogens with zero attached hydrogens (tertiary/aromatic N) is 2. The van der Waals surface area contributed by atoms with Crippen LogP contribution in [-0.2, 0) is 11.3 Å². The molecule has 4 nitrogen and oxygen atoms in total. The molecular formula is C17H25N3O. The molecule has 1 heterocycles. The first-order chi connectivity index (χ1) is 10.2. The first-order valence-corrected chi connectivity index (χ1v) is 7.46. The second-order valence-corrected chi connectivity index (χ2v) is 5.46. The Kier molecular flexibility index (Phi) is 5.53. The molecule has 2 rings (SSSR count). The lowest BCUT2D eigenvalue weighted by Crippen LogP contribution is -2.34. The molecule has 0 aliphatic heterocycles. The van der Waals surface area contributed by atoms with Gasteiger partial charge < -0.3 is 15.0 Å². The molecule has 0 aliphatic rings. The fourth-order valence-corrected chi connectivity index (χ4v) is 2.57. The highest BCUT2D eigenvalue weighted by Gasteiger charge is 2.15. The van der Waals surface area contributed by atoms with Gasteiger partial charge in [-0.15, -0.1) is 0 Å². The van der Waals surface area contributed by atoms with Crippen LogP contribution in [0, 0.1) is 0 Å². The molecule has 21 heavy (non-hydrogen) atoms. The molecule has 1 N–H and O–H groups in total. The van der Waals surface area contributed by atoms with E-state index in [1.54, 1.807) is 7.11 Å². The summed E-state index contributed by atoms with van der Waals surface area (Å²) in [5, 5.41) is 4.38. The SMILES string of the molecule is CNCc1cc(N(CCOC)C(C)C)c2ccccc2n1. The minimum atomic E-state index is 0.411. The van der Waals surface area contributed by atoms with Gasteiger partial charge in [-0.05, 0) is 33.0 Å². The fourth-order valence-electron chi connectivity index (χ4n) is 2.57. The van der Waals surface area contributed by atoms with Crippen LogP contribution in [-0.4, -0.2) is 38.3 Å². The third-order valence-electron chi connectivity index (χ3n) is 3.57. The zero-order valence-corrected chi connectivity index (χ0v) is 13.4. The van der Waals surface area contributed by atoms with E-state index < -0.39 is 0 Å². The molecule has 0 atom stereocenters. The van der Waals surface area contributed by atoms with Crippen molar-refractivity contribution in [3.63, 3.8) is 0 Å². The Bertz CT molecular complexity index is 583. The number of aromatic nitrogens is 1. The van der Waals surface area contributed by atoms with Crippen molar-refractivity contribution in [1.29, 1.82) is 0 Å². The van der Waals surface area contributed by atoms with Crippen LogP contribution in [0.2, 0.25) is 0 Å². The van der Waals surface area contributed by atoms with Crippen molar-refractivity contribution in [2.75, 3.05) is 32.2 Å². The van der Waals surface area contributed by atoms with Crippen molar-refractivity contribution in [3.05, 3.63) is 36.0 Å². The molecule has 0 amide bonds. The van der Waals surface area contributed by atoms with E-state index in [0.29, 0.717) is 6.04 Å². The maximum Gasteiger partial charge on any atom is 0.0726 e. The van der Waals surface area contributed by atoms with Crippen LogP contribution in [0.5, 0.6) is 0 Å². The largest absolute Gasteiger partial charge is 0.383 e. The molecule has 1 aromatic carbocycles. The summed E-state index contributed by atoms with van der Waals surface area (Å²) in [6.07, 6.45) is 0. The average molecular weight is 287 g/mol. The van der Waals surface area contributed by atoms with Crippen LogP contribution < -0.4 is 10.2 Å². The molecule has 0 fully saturated rings. The van der Waals surface area contributed by atoms with Gasteiger partial charge in [0.15, 0.2) is 0 Å². The lowest BCUT2D eigenvalue weighted by atomic mass is 10.1. The number of nitrogens with one attached hydrogen (secondary N) is 1. The minimum absolute atomic E-state index is 0.411. The van der Waals surface area contributed by atoms with Crippen LogP contribution in [0.15, 0.2) is 30.3 Å². The number of hydrogen-bond donors (Lipinski definition) is 1. The third kappa shape index (κ3) is 3.71. The summed E-state index contributed by atoms with van der Waals surface area (Å²) in [6, 6.07) is 10.9. The topological polar surface area (TPSA) is 37.4 Å². The molecule has 0 saturated heterocycles. The van der Waals surface area contributed by atoms with E-state index in [9.17, 15) is 0 Å². The summed E-state index contributed by atoms with van der Waals surface area (Å²) in [4.78, 5) is 7.11. The van der Waals surface area contributed by atoms with Crippen LogP contribution in [0.25, 0.3) is 10.9 Å². The van der Waals surface area contributed by atoms with Gasteiger partial charge in [-0.2, -0.15) is 0 Å². The van der Waals surface area contributed by atoms with Gasteiger partial charge in [-0.3, -0.25) is 4.98 Å². The first kappa shape index (κ1) is 15.7. The normalized spacial score (nSPS) is 11.3. The van der Waals surface area contributed by atoms with Gasteiger partial charge in [0, 0.05) is 37.3 Å². The maximum absolute atomic E-state index is 5.26. The molecule has 1 aromatic heterocycles. The monoisotopic (exact) mass is 287 g/mol. The summed E-state index contributed by atoms with van der Waals surface area (Å²) in [5.74, 6) is 0. The van der Waals surface area contributed by atoms with Crippen LogP contribution >= 0.6 is 0 Å². The van der Waals surface area contributed by atoms with Crippen LogP contribution in [0.1, 0.15) is 19.5 Å². The Hall–Kier alpha value is -1.65. The Morgan fingerprint density at radius 2 is 2.05 bits per heavy atom. The van der Waals surface area contributed by atoms with Crippen molar-refractivity contribution in [2.45, 2.75) is 26.4 Å². The van der Waals surface area contributed by atoms with Crippen molar-refractivity contribution in [3.8, 4) is 0 Å². The molecule has 114 valence electrons.